The summed E-state index contributed by atoms with van der Waals surface area (Å²) in [6.45, 7) is 4.20. The maximum Gasteiger partial charge on any atom is 0.222 e. The van der Waals surface area contributed by atoms with Crippen molar-refractivity contribution < 1.29 is 4.79 Å². The molecular weight excluding hydrogens is 164 g/mol. The first-order chi connectivity index (χ1) is 6.36. The van der Waals surface area contributed by atoms with E-state index in [1.165, 1.54) is 19.3 Å². The van der Waals surface area contributed by atoms with Gasteiger partial charge in [0.1, 0.15) is 0 Å². The van der Waals surface area contributed by atoms with E-state index >= 15 is 0 Å². The molecule has 2 saturated heterocycles. The van der Waals surface area contributed by atoms with Gasteiger partial charge in [-0.25, -0.2) is 0 Å². The van der Waals surface area contributed by atoms with Gasteiger partial charge in [-0.3, -0.25) is 4.79 Å². The van der Waals surface area contributed by atoms with Crippen LogP contribution in [0.1, 0.15) is 25.7 Å². The molecule has 1 N–H and O–H groups in total. The van der Waals surface area contributed by atoms with E-state index in [1.807, 2.05) is 4.90 Å². The van der Waals surface area contributed by atoms with Gasteiger partial charge in [-0.2, -0.15) is 0 Å². The van der Waals surface area contributed by atoms with Gasteiger partial charge in [0.2, 0.25) is 5.91 Å². The molecule has 74 valence electrons. The summed E-state index contributed by atoms with van der Waals surface area (Å²) >= 11 is 0. The van der Waals surface area contributed by atoms with Gasteiger partial charge in [-0.05, 0) is 38.3 Å². The predicted octanol–water partition coefficient (Wildman–Crippen LogP) is 0.608. The van der Waals surface area contributed by atoms with Gasteiger partial charge in [0.25, 0.3) is 0 Å². The Morgan fingerprint density at radius 3 is 2.54 bits per heavy atom. The van der Waals surface area contributed by atoms with E-state index in [0.717, 1.165) is 32.6 Å². The minimum atomic E-state index is 0.387. The number of hydrogen-bond donors (Lipinski definition) is 1. The van der Waals surface area contributed by atoms with Gasteiger partial charge < -0.3 is 10.2 Å². The molecule has 0 aromatic rings. The van der Waals surface area contributed by atoms with Crippen LogP contribution in [0, 0.1) is 5.92 Å². The second kappa shape index (κ2) is 4.09. The van der Waals surface area contributed by atoms with Crippen molar-refractivity contribution in [2.45, 2.75) is 25.7 Å². The molecule has 0 atom stereocenters. The van der Waals surface area contributed by atoms with Gasteiger partial charge >= 0.3 is 0 Å². The molecule has 2 fully saturated rings. The van der Waals surface area contributed by atoms with Crippen molar-refractivity contribution in [3.05, 3.63) is 0 Å². The molecule has 1 amide bonds. The highest BCUT2D eigenvalue weighted by Crippen LogP contribution is 2.19. The van der Waals surface area contributed by atoms with E-state index in [9.17, 15) is 4.79 Å². The van der Waals surface area contributed by atoms with Crippen LogP contribution in [0.25, 0.3) is 0 Å². The molecule has 0 aromatic heterocycles. The van der Waals surface area contributed by atoms with Crippen LogP contribution in [-0.4, -0.2) is 37.0 Å². The van der Waals surface area contributed by atoms with Crippen LogP contribution < -0.4 is 5.32 Å². The molecule has 3 heteroatoms. The average Bonchev–Trinajstić information content (AvgIpc) is 2.02. The van der Waals surface area contributed by atoms with Crippen molar-refractivity contribution in [3.8, 4) is 0 Å². The summed E-state index contributed by atoms with van der Waals surface area (Å²) in [5, 5.41) is 3.32. The number of carbonyl (C=O) groups is 1. The quantitative estimate of drug-likeness (QED) is 0.678. The molecule has 0 saturated carbocycles. The number of nitrogens with zero attached hydrogens (tertiary/aromatic N) is 1. The Labute approximate surface area is 79.5 Å². The lowest BCUT2D eigenvalue weighted by Gasteiger charge is -2.33. The van der Waals surface area contributed by atoms with Gasteiger partial charge in [-0.1, -0.05) is 0 Å². The van der Waals surface area contributed by atoms with Gasteiger partial charge in [0.15, 0.2) is 0 Å². The molecule has 3 nitrogen and oxygen atoms in total. The Hall–Kier alpha value is -0.570. The van der Waals surface area contributed by atoms with E-state index < -0.39 is 0 Å². The zero-order valence-corrected chi connectivity index (χ0v) is 8.09. The maximum absolute atomic E-state index is 11.6. The second-order valence-corrected chi connectivity index (χ2v) is 4.13. The lowest BCUT2D eigenvalue weighted by Crippen LogP contribution is -2.43. The standard InChI is InChI=1S/C10H18N2O/c13-10(12-6-1-7-12)8-9-2-4-11-5-3-9/h9,11H,1-8H2. The van der Waals surface area contributed by atoms with Crippen LogP contribution in [0.3, 0.4) is 0 Å². The van der Waals surface area contributed by atoms with Crippen molar-refractivity contribution in [2.75, 3.05) is 26.2 Å². The van der Waals surface area contributed by atoms with E-state index in [2.05, 4.69) is 5.32 Å². The normalized spacial score (nSPS) is 24.2. The van der Waals surface area contributed by atoms with Crippen molar-refractivity contribution >= 4 is 5.91 Å². The summed E-state index contributed by atoms with van der Waals surface area (Å²) in [4.78, 5) is 13.6. The Balaban J connectivity index is 1.72. The summed E-state index contributed by atoms with van der Waals surface area (Å²) < 4.78 is 0. The minimum absolute atomic E-state index is 0.387. The molecule has 0 aliphatic carbocycles. The number of amides is 1. The van der Waals surface area contributed by atoms with E-state index in [-0.39, 0.29) is 0 Å². The maximum atomic E-state index is 11.6. The van der Waals surface area contributed by atoms with Crippen LogP contribution >= 0.6 is 0 Å². The third-order valence-electron chi connectivity index (χ3n) is 3.13. The lowest BCUT2D eigenvalue weighted by atomic mass is 9.93. The molecule has 0 radical (unpaired) electrons. The monoisotopic (exact) mass is 182 g/mol. The van der Waals surface area contributed by atoms with Crippen LogP contribution in [0.5, 0.6) is 0 Å². The molecule has 2 aliphatic heterocycles. The number of rotatable bonds is 2. The zero-order chi connectivity index (χ0) is 9.10. The van der Waals surface area contributed by atoms with Gasteiger partial charge in [0, 0.05) is 19.5 Å². The predicted molar refractivity (Wildman–Crippen MR) is 51.4 cm³/mol. The van der Waals surface area contributed by atoms with Crippen LogP contribution in [0.4, 0.5) is 0 Å². The summed E-state index contributed by atoms with van der Waals surface area (Å²) in [5.41, 5.74) is 0. The topological polar surface area (TPSA) is 32.3 Å². The zero-order valence-electron chi connectivity index (χ0n) is 8.09. The van der Waals surface area contributed by atoms with Crippen LogP contribution in [0.2, 0.25) is 0 Å². The first-order valence-corrected chi connectivity index (χ1v) is 5.35. The highest BCUT2D eigenvalue weighted by molar-refractivity contribution is 5.77. The van der Waals surface area contributed by atoms with Crippen molar-refractivity contribution in [1.82, 2.24) is 10.2 Å². The van der Waals surface area contributed by atoms with Crippen molar-refractivity contribution in [2.24, 2.45) is 5.92 Å². The summed E-state index contributed by atoms with van der Waals surface area (Å²) in [6.07, 6.45) is 4.36. The highest BCUT2D eigenvalue weighted by atomic mass is 16.2. The third kappa shape index (κ3) is 2.21. The van der Waals surface area contributed by atoms with Crippen LogP contribution in [-0.2, 0) is 4.79 Å². The molecule has 2 heterocycles. The number of hydrogen-bond acceptors (Lipinski definition) is 2. The van der Waals surface area contributed by atoms with E-state index in [1.54, 1.807) is 0 Å². The SMILES string of the molecule is O=C(CC1CCNCC1)N1CCC1. The molecule has 0 bridgehead atoms. The van der Waals surface area contributed by atoms with Crippen LogP contribution in [0.15, 0.2) is 0 Å². The Kier molecular flexibility index (Phi) is 2.83. The summed E-state index contributed by atoms with van der Waals surface area (Å²) in [7, 11) is 0. The van der Waals surface area contributed by atoms with Gasteiger partial charge in [-0.15, -0.1) is 0 Å². The second-order valence-electron chi connectivity index (χ2n) is 4.13. The number of likely N-dealkylation sites (tertiary alicyclic amines) is 1. The van der Waals surface area contributed by atoms with Gasteiger partial charge in [0.05, 0.1) is 0 Å². The molecule has 0 aromatic carbocycles. The Bertz CT molecular complexity index is 183. The molecule has 2 rings (SSSR count). The molecule has 0 spiro atoms. The average molecular weight is 182 g/mol. The fourth-order valence-corrected chi connectivity index (χ4v) is 2.03. The summed E-state index contributed by atoms with van der Waals surface area (Å²) in [6, 6.07) is 0. The molecule has 0 unspecified atom stereocenters. The number of carbonyl (C=O) groups excluding carboxylic acids is 1. The van der Waals surface area contributed by atoms with E-state index in [4.69, 9.17) is 0 Å². The molecule has 2 aliphatic rings. The third-order valence-corrected chi connectivity index (χ3v) is 3.13. The fraction of sp³-hybridized carbons (Fsp3) is 0.900. The number of nitrogens with one attached hydrogen (secondary N) is 1. The van der Waals surface area contributed by atoms with Crippen molar-refractivity contribution in [3.63, 3.8) is 0 Å². The lowest BCUT2D eigenvalue weighted by molar-refractivity contribution is -0.135. The first kappa shape index (κ1) is 9.00. The Morgan fingerprint density at radius 1 is 1.31 bits per heavy atom. The molecule has 13 heavy (non-hydrogen) atoms. The largest absolute Gasteiger partial charge is 0.343 e. The minimum Gasteiger partial charge on any atom is -0.343 e. The van der Waals surface area contributed by atoms with Crippen molar-refractivity contribution in [1.29, 1.82) is 0 Å². The summed E-state index contributed by atoms with van der Waals surface area (Å²) in [5.74, 6) is 1.03. The highest BCUT2D eigenvalue weighted by Gasteiger charge is 2.23. The molecular formula is C10H18N2O. The Morgan fingerprint density at radius 2 is 2.00 bits per heavy atom. The first-order valence-electron chi connectivity index (χ1n) is 5.35. The smallest absolute Gasteiger partial charge is 0.222 e. The van der Waals surface area contributed by atoms with E-state index in [0.29, 0.717) is 11.8 Å². The number of piperidine rings is 1. The fourth-order valence-electron chi connectivity index (χ4n) is 2.03.